The summed E-state index contributed by atoms with van der Waals surface area (Å²) < 4.78 is 17.1. The van der Waals surface area contributed by atoms with Gasteiger partial charge in [0.25, 0.3) is 0 Å². The summed E-state index contributed by atoms with van der Waals surface area (Å²) in [6.07, 6.45) is 3.02. The second-order valence-electron chi connectivity index (χ2n) is 3.19. The number of nitrogens with one attached hydrogen (secondary N) is 1. The molecule has 0 saturated heterocycles. The summed E-state index contributed by atoms with van der Waals surface area (Å²) >= 11 is 0. The number of isocyanates is 1. The van der Waals surface area contributed by atoms with Crippen LogP contribution in [-0.4, -0.2) is 34.7 Å². The highest BCUT2D eigenvalue weighted by molar-refractivity contribution is 6.60. The van der Waals surface area contributed by atoms with Crippen LogP contribution in [0.1, 0.15) is 40.5 Å². The van der Waals surface area contributed by atoms with E-state index < -0.39 is 8.80 Å². The van der Waals surface area contributed by atoms with Crippen LogP contribution in [0, 0.1) is 5.41 Å². The summed E-state index contributed by atoms with van der Waals surface area (Å²) in [6.45, 7) is 10.2. The molecule has 0 unspecified atom stereocenters. The minimum Gasteiger partial charge on any atom is -0.374 e. The van der Waals surface area contributed by atoms with Gasteiger partial charge in [-0.25, -0.2) is 10.2 Å². The van der Waals surface area contributed by atoms with E-state index in [9.17, 15) is 0 Å². The average molecular weight is 263 g/mol. The van der Waals surface area contributed by atoms with E-state index in [0.717, 1.165) is 25.0 Å². The zero-order valence-corrected chi connectivity index (χ0v) is 12.4. The van der Waals surface area contributed by atoms with Crippen LogP contribution in [-0.2, 0) is 18.1 Å². The van der Waals surface area contributed by atoms with E-state index in [-0.39, 0.29) is 0 Å². The van der Waals surface area contributed by atoms with Gasteiger partial charge in [-0.05, 0) is 27.2 Å². The van der Waals surface area contributed by atoms with Gasteiger partial charge in [0.2, 0.25) is 6.08 Å². The van der Waals surface area contributed by atoms with Crippen molar-refractivity contribution >= 4 is 14.9 Å². The van der Waals surface area contributed by atoms with Crippen molar-refractivity contribution in [3.8, 4) is 0 Å². The fraction of sp³-hybridized carbons (Fsp3) is 0.909. The van der Waals surface area contributed by atoms with Gasteiger partial charge in [0.05, 0.1) is 0 Å². The molecule has 0 aliphatic rings. The van der Waals surface area contributed by atoms with Crippen LogP contribution in [0.2, 0.25) is 6.04 Å². The molecule has 0 fully saturated rings. The Labute approximate surface area is 105 Å². The van der Waals surface area contributed by atoms with Gasteiger partial charge < -0.3 is 13.3 Å². The van der Waals surface area contributed by atoms with E-state index in [4.69, 9.17) is 23.5 Å². The van der Waals surface area contributed by atoms with Crippen molar-refractivity contribution in [1.82, 2.24) is 0 Å². The first-order chi connectivity index (χ1) is 8.16. The number of unbranched alkanes of at least 4 members (excludes halogenated alkanes) is 1. The Hall–Kier alpha value is -0.523. The van der Waals surface area contributed by atoms with E-state index >= 15 is 0 Å². The molecule has 17 heavy (non-hydrogen) atoms. The Balaban J connectivity index is 0. The SMILES string of the molecule is CCCC[Si](OCC)(OCC)OCC.N=C=O. The molecule has 0 radical (unpaired) electrons. The molecule has 0 heterocycles. The van der Waals surface area contributed by atoms with Crippen molar-refractivity contribution < 1.29 is 18.1 Å². The maximum Gasteiger partial charge on any atom is 0.500 e. The molecule has 0 spiro atoms. The van der Waals surface area contributed by atoms with Crippen molar-refractivity contribution in [3.63, 3.8) is 0 Å². The standard InChI is InChI=1S/C10H24O3Si.CHNO/c1-5-9-10-14(11-6-2,12-7-3)13-8-4;2-1-3/h5-10H2,1-4H3;2H. The van der Waals surface area contributed by atoms with Gasteiger partial charge in [0.15, 0.2) is 0 Å². The van der Waals surface area contributed by atoms with Gasteiger partial charge in [0, 0.05) is 25.9 Å². The van der Waals surface area contributed by atoms with E-state index in [2.05, 4.69) is 6.92 Å². The minimum absolute atomic E-state index is 0.677. The molecular formula is C11H25NO4Si. The highest BCUT2D eigenvalue weighted by atomic mass is 28.4. The van der Waals surface area contributed by atoms with E-state index in [1.165, 1.54) is 0 Å². The van der Waals surface area contributed by atoms with E-state index in [0.29, 0.717) is 19.8 Å². The molecule has 0 atom stereocenters. The van der Waals surface area contributed by atoms with Crippen LogP contribution < -0.4 is 0 Å². The van der Waals surface area contributed by atoms with Crippen molar-refractivity contribution in [2.24, 2.45) is 0 Å². The molecule has 0 aromatic rings. The van der Waals surface area contributed by atoms with Gasteiger partial charge in [0.1, 0.15) is 0 Å². The molecule has 0 bridgehead atoms. The molecule has 0 saturated carbocycles. The van der Waals surface area contributed by atoms with Crippen molar-refractivity contribution in [3.05, 3.63) is 0 Å². The maximum atomic E-state index is 8.35. The van der Waals surface area contributed by atoms with Crippen molar-refractivity contribution in [1.29, 1.82) is 5.41 Å². The van der Waals surface area contributed by atoms with Gasteiger partial charge in [-0.2, -0.15) is 0 Å². The summed E-state index contributed by atoms with van der Waals surface area (Å²) in [7, 11) is -2.32. The Kier molecular flexibility index (Phi) is 15.0. The lowest BCUT2D eigenvalue weighted by atomic mass is 10.4. The third-order valence-electron chi connectivity index (χ3n) is 1.93. The minimum atomic E-state index is -2.32. The Morgan fingerprint density at radius 1 is 1.00 bits per heavy atom. The summed E-state index contributed by atoms with van der Waals surface area (Å²) in [5.41, 5.74) is 0. The summed E-state index contributed by atoms with van der Waals surface area (Å²) in [4.78, 5) is 8.35. The largest absolute Gasteiger partial charge is 0.500 e. The molecule has 6 heteroatoms. The zero-order chi connectivity index (χ0) is 13.6. The van der Waals surface area contributed by atoms with Crippen molar-refractivity contribution in [2.75, 3.05) is 19.8 Å². The monoisotopic (exact) mass is 263 g/mol. The lowest BCUT2D eigenvalue weighted by Crippen LogP contribution is -2.45. The first-order valence-electron chi connectivity index (χ1n) is 6.11. The van der Waals surface area contributed by atoms with E-state index in [1.807, 2.05) is 20.8 Å². The summed E-state index contributed by atoms with van der Waals surface area (Å²) in [5, 5.41) is 5.40. The number of carbonyl (C=O) groups excluding carboxylic acids is 1. The fourth-order valence-electron chi connectivity index (χ4n) is 1.39. The second-order valence-corrected chi connectivity index (χ2v) is 5.92. The second kappa shape index (κ2) is 13.5. The lowest BCUT2D eigenvalue weighted by Gasteiger charge is -2.28. The highest BCUT2D eigenvalue weighted by Gasteiger charge is 2.39. The number of hydrogen-bond donors (Lipinski definition) is 1. The zero-order valence-electron chi connectivity index (χ0n) is 11.4. The van der Waals surface area contributed by atoms with Gasteiger partial charge in [-0.3, -0.25) is 0 Å². The number of hydrogen-bond acceptors (Lipinski definition) is 5. The molecule has 0 aromatic heterocycles. The van der Waals surface area contributed by atoms with Crippen LogP contribution in [0.25, 0.3) is 0 Å². The normalized spacial score (nSPS) is 10.4. The highest BCUT2D eigenvalue weighted by Crippen LogP contribution is 2.18. The molecule has 1 N–H and O–H groups in total. The fourth-order valence-corrected chi connectivity index (χ4v) is 4.18. The Morgan fingerprint density at radius 3 is 1.59 bits per heavy atom. The molecule has 0 aliphatic carbocycles. The van der Waals surface area contributed by atoms with Gasteiger partial charge in [-0.15, -0.1) is 0 Å². The average Bonchev–Trinajstić information content (AvgIpc) is 2.29. The van der Waals surface area contributed by atoms with Crippen molar-refractivity contribution in [2.45, 2.75) is 46.6 Å². The summed E-state index contributed by atoms with van der Waals surface area (Å²) in [5.74, 6) is 0. The molecule has 0 amide bonds. The summed E-state index contributed by atoms with van der Waals surface area (Å²) in [6, 6.07) is 0.943. The molecule has 0 rings (SSSR count). The third-order valence-corrected chi connectivity index (χ3v) is 5.08. The molecule has 0 aliphatic heterocycles. The van der Waals surface area contributed by atoms with Crippen LogP contribution >= 0.6 is 0 Å². The lowest BCUT2D eigenvalue weighted by molar-refractivity contribution is 0.0708. The smallest absolute Gasteiger partial charge is 0.374 e. The predicted molar refractivity (Wildman–Crippen MR) is 68.8 cm³/mol. The Morgan fingerprint density at radius 2 is 1.35 bits per heavy atom. The van der Waals surface area contributed by atoms with E-state index in [1.54, 1.807) is 0 Å². The third kappa shape index (κ3) is 10.4. The maximum absolute atomic E-state index is 8.35. The first kappa shape index (κ1) is 18.8. The molecular weight excluding hydrogens is 238 g/mol. The predicted octanol–water partition coefficient (Wildman–Crippen LogP) is 2.74. The molecule has 0 aromatic carbocycles. The Bertz CT molecular complexity index is 179. The van der Waals surface area contributed by atoms with Crippen LogP contribution in [0.5, 0.6) is 0 Å². The molecule has 5 nitrogen and oxygen atoms in total. The first-order valence-corrected chi connectivity index (χ1v) is 8.05. The van der Waals surface area contributed by atoms with Crippen LogP contribution in [0.15, 0.2) is 0 Å². The van der Waals surface area contributed by atoms with Crippen LogP contribution in [0.4, 0.5) is 0 Å². The number of rotatable bonds is 9. The topological polar surface area (TPSA) is 68.6 Å². The molecule has 102 valence electrons. The van der Waals surface area contributed by atoms with Gasteiger partial charge >= 0.3 is 8.80 Å². The van der Waals surface area contributed by atoms with Gasteiger partial charge in [-0.1, -0.05) is 13.3 Å². The van der Waals surface area contributed by atoms with Crippen LogP contribution in [0.3, 0.4) is 0 Å². The quantitative estimate of drug-likeness (QED) is 0.394.